The third-order valence-corrected chi connectivity index (χ3v) is 7.31. The summed E-state index contributed by atoms with van der Waals surface area (Å²) in [4.78, 5) is 18.4. The van der Waals surface area contributed by atoms with Crippen molar-refractivity contribution in [2.24, 2.45) is 4.99 Å². The monoisotopic (exact) mass is 636 g/mol. The second-order valence-electron chi connectivity index (χ2n) is 10.0. The predicted octanol–water partition coefficient (Wildman–Crippen LogP) is 8.47. The number of carbonyl (C=O) groups excluding carboxylic acids is 1. The lowest BCUT2D eigenvalue weighted by molar-refractivity contribution is -0.277. The number of nitrogens with zero attached hydrogens (tertiary/aromatic N) is 1. The van der Waals surface area contributed by atoms with Crippen molar-refractivity contribution in [1.82, 2.24) is 5.32 Å². The number of amides is 1. The van der Waals surface area contributed by atoms with Crippen molar-refractivity contribution in [2.45, 2.75) is 56.8 Å². The number of carbonyl (C=O) groups is 1. The number of nitrogens with one attached hydrogen (secondary N) is 1. The predicted molar refractivity (Wildman–Crippen MR) is 152 cm³/mol. The molecule has 0 bridgehead atoms. The molecule has 5 rings (SSSR count). The molecule has 3 aromatic carbocycles. The summed E-state index contributed by atoms with van der Waals surface area (Å²) in [5, 5.41) is 2.32. The van der Waals surface area contributed by atoms with Gasteiger partial charge in [0.15, 0.2) is 0 Å². The van der Waals surface area contributed by atoms with E-state index in [1.165, 1.54) is 42.6 Å². The number of halogens is 8. The number of allylic oxidation sites excluding steroid dienone is 3. The van der Waals surface area contributed by atoms with E-state index in [0.717, 1.165) is 24.3 Å². The summed E-state index contributed by atoms with van der Waals surface area (Å²) in [5.74, 6) is -3.97. The molecule has 1 N–H and O–H groups in total. The maximum absolute atomic E-state index is 15.2. The van der Waals surface area contributed by atoms with Crippen molar-refractivity contribution < 1.29 is 44.7 Å². The first-order chi connectivity index (χ1) is 21.3. The van der Waals surface area contributed by atoms with E-state index < -0.39 is 70.8 Å². The van der Waals surface area contributed by atoms with Gasteiger partial charge in [-0.15, -0.1) is 0 Å². The molecule has 0 saturated heterocycles. The Hall–Kier alpha value is -4.32. The van der Waals surface area contributed by atoms with E-state index in [-0.39, 0.29) is 29.3 Å². The smallest absolute Gasteiger partial charge is 0.348 e. The van der Waals surface area contributed by atoms with E-state index in [1.54, 1.807) is 6.08 Å². The fourth-order valence-electron chi connectivity index (χ4n) is 5.25. The van der Waals surface area contributed by atoms with Crippen LogP contribution in [0.5, 0.6) is 0 Å². The van der Waals surface area contributed by atoms with Gasteiger partial charge in [-0.2, -0.15) is 26.3 Å². The van der Waals surface area contributed by atoms with Crippen LogP contribution in [0.3, 0.4) is 0 Å². The van der Waals surface area contributed by atoms with Crippen LogP contribution in [0, 0.1) is 11.6 Å². The van der Waals surface area contributed by atoms with Crippen molar-refractivity contribution in [3.8, 4) is 0 Å². The van der Waals surface area contributed by atoms with Crippen LogP contribution >= 0.6 is 0 Å². The highest BCUT2D eigenvalue weighted by molar-refractivity contribution is 5.89. The Morgan fingerprint density at radius 3 is 2.22 bits per heavy atom. The summed E-state index contributed by atoms with van der Waals surface area (Å²) in [5.41, 5.74) is -8.81. The van der Waals surface area contributed by atoms with Crippen LogP contribution in [0.15, 0.2) is 95.6 Å². The lowest BCUT2D eigenvalue weighted by atomic mass is 9.78. The molecule has 2 aliphatic heterocycles. The molecule has 0 fully saturated rings. The number of aliphatic imine (C=N–C) groups is 1. The highest BCUT2D eigenvalue weighted by atomic mass is 19.4. The zero-order chi connectivity index (χ0) is 33.0. The Bertz CT molecular complexity index is 1630. The second-order valence-corrected chi connectivity index (χ2v) is 10.0. The number of fused-ring (bicyclic) bond motifs is 1. The Labute approximate surface area is 254 Å². The average molecular weight is 637 g/mol. The summed E-state index contributed by atoms with van der Waals surface area (Å²) in [7, 11) is 0. The van der Waals surface area contributed by atoms with E-state index in [2.05, 4.69) is 10.3 Å². The Balaban J connectivity index is 0.00000226. The SMILES string of the molecule is CC.O=C1N[C@](C2=CC=CCC=N2)(c2cc(F)cc(C(F)(F)F)c2)Cc2ccc(F)cc2CO[C@]1(c1ccccc1)C(F)(F)F. The van der Waals surface area contributed by atoms with Gasteiger partial charge in [-0.05, 0) is 53.1 Å². The molecule has 12 heteroatoms. The van der Waals surface area contributed by atoms with Crippen LogP contribution < -0.4 is 5.32 Å². The van der Waals surface area contributed by atoms with Gasteiger partial charge in [0.2, 0.25) is 0 Å². The van der Waals surface area contributed by atoms with Gasteiger partial charge in [-0.1, -0.05) is 62.4 Å². The van der Waals surface area contributed by atoms with Crippen LogP contribution in [0.1, 0.15) is 48.1 Å². The fourth-order valence-corrected chi connectivity index (χ4v) is 5.25. The van der Waals surface area contributed by atoms with Gasteiger partial charge < -0.3 is 10.1 Å². The standard InChI is InChI=1S/C31H22F8N2O2.C2H6/c32-24-11-10-19-17-28(26-9-5-2-6-12-40-26,22-14-23(30(34,35)36)16-25(33)15-22)41-27(42)29(31(37,38)39,43-18-20(19)13-24)21-7-3-1-4-8-21;1-2/h1-5,7-16H,6,17-18H2,(H,41,42);1-2H3/t28-,29-;/m0./s1. The maximum Gasteiger partial charge on any atom is 0.430 e. The number of alkyl halides is 6. The Morgan fingerprint density at radius 1 is 0.844 bits per heavy atom. The summed E-state index contributed by atoms with van der Waals surface area (Å²) in [6, 6.07) is 10.6. The van der Waals surface area contributed by atoms with Gasteiger partial charge in [0.05, 0.1) is 17.9 Å². The summed E-state index contributed by atoms with van der Waals surface area (Å²) in [6.45, 7) is 3.10. The van der Waals surface area contributed by atoms with Crippen molar-refractivity contribution in [3.05, 3.63) is 130 Å². The molecule has 2 heterocycles. The van der Waals surface area contributed by atoms with Crippen LogP contribution in [0.4, 0.5) is 35.1 Å². The van der Waals surface area contributed by atoms with Crippen molar-refractivity contribution in [3.63, 3.8) is 0 Å². The molecule has 45 heavy (non-hydrogen) atoms. The zero-order valence-corrected chi connectivity index (χ0v) is 24.1. The molecule has 0 aromatic heterocycles. The van der Waals surface area contributed by atoms with E-state index in [0.29, 0.717) is 12.1 Å². The minimum Gasteiger partial charge on any atom is -0.348 e. The second kappa shape index (κ2) is 13.0. The van der Waals surface area contributed by atoms with Gasteiger partial charge in [0, 0.05) is 24.6 Å². The van der Waals surface area contributed by atoms with Gasteiger partial charge in [0.25, 0.3) is 11.5 Å². The summed E-state index contributed by atoms with van der Waals surface area (Å²) < 4.78 is 122. The molecule has 4 nitrogen and oxygen atoms in total. The maximum atomic E-state index is 15.2. The highest BCUT2D eigenvalue weighted by Gasteiger charge is 2.65. The largest absolute Gasteiger partial charge is 0.430 e. The van der Waals surface area contributed by atoms with Gasteiger partial charge in [-0.3, -0.25) is 9.79 Å². The number of benzene rings is 3. The Morgan fingerprint density at radius 2 is 1.56 bits per heavy atom. The minimum atomic E-state index is -5.43. The summed E-state index contributed by atoms with van der Waals surface area (Å²) >= 11 is 0. The summed E-state index contributed by atoms with van der Waals surface area (Å²) in [6.07, 6.45) is -5.03. The normalized spacial score (nSPS) is 22.0. The third-order valence-electron chi connectivity index (χ3n) is 7.31. The minimum absolute atomic E-state index is 0.105. The van der Waals surface area contributed by atoms with Crippen LogP contribution in [-0.2, 0) is 39.9 Å². The molecule has 0 radical (unpaired) electrons. The molecule has 0 unspecified atom stereocenters. The topological polar surface area (TPSA) is 50.7 Å². The first-order valence-electron chi connectivity index (χ1n) is 13.9. The lowest BCUT2D eigenvalue weighted by Gasteiger charge is -2.40. The third kappa shape index (κ3) is 6.56. The molecule has 0 aliphatic carbocycles. The highest BCUT2D eigenvalue weighted by Crippen LogP contribution is 2.47. The van der Waals surface area contributed by atoms with Crippen molar-refractivity contribution >= 4 is 12.1 Å². The van der Waals surface area contributed by atoms with Crippen molar-refractivity contribution in [2.75, 3.05) is 0 Å². The number of hydrogen-bond donors (Lipinski definition) is 1. The molecule has 238 valence electrons. The van der Waals surface area contributed by atoms with E-state index in [9.17, 15) is 26.7 Å². The average Bonchev–Trinajstić information content (AvgIpc) is 3.26. The van der Waals surface area contributed by atoms with Gasteiger partial charge >= 0.3 is 12.4 Å². The molecular formula is C33H28F8N2O2. The Kier molecular flexibility index (Phi) is 9.67. The van der Waals surface area contributed by atoms with Crippen LogP contribution in [0.25, 0.3) is 0 Å². The molecule has 0 saturated carbocycles. The quantitative estimate of drug-likeness (QED) is 0.294. The molecule has 0 spiro atoms. The molecule has 3 aromatic rings. The van der Waals surface area contributed by atoms with Gasteiger partial charge in [-0.25, -0.2) is 8.78 Å². The number of hydrogen-bond acceptors (Lipinski definition) is 3. The van der Waals surface area contributed by atoms with E-state index >= 15 is 13.2 Å². The first-order valence-corrected chi connectivity index (χ1v) is 13.9. The van der Waals surface area contributed by atoms with E-state index in [4.69, 9.17) is 4.74 Å². The van der Waals surface area contributed by atoms with E-state index in [1.807, 2.05) is 13.8 Å². The fraction of sp³-hybridized carbons (Fsp3) is 0.273. The van der Waals surface area contributed by atoms with Gasteiger partial charge in [0.1, 0.15) is 17.2 Å². The number of rotatable bonds is 3. The van der Waals surface area contributed by atoms with Crippen molar-refractivity contribution in [1.29, 1.82) is 0 Å². The van der Waals surface area contributed by atoms with Crippen LogP contribution in [0.2, 0.25) is 0 Å². The zero-order valence-electron chi connectivity index (χ0n) is 24.1. The molecule has 1 amide bonds. The lowest BCUT2D eigenvalue weighted by Crippen LogP contribution is -2.61. The molecule has 2 aliphatic rings. The first kappa shape index (κ1) is 33.6. The number of ether oxygens (including phenoxy) is 1. The molecular weight excluding hydrogens is 608 g/mol. The van der Waals surface area contributed by atoms with Crippen LogP contribution in [-0.4, -0.2) is 18.3 Å². The molecule has 2 atom stereocenters.